The monoisotopic (exact) mass is 483 g/mol. The summed E-state index contributed by atoms with van der Waals surface area (Å²) in [7, 11) is 1.61. The standard InChI is InChI=1S/C23H22BrN3O4/c1-14(2)27(12-21-25-26-23(31-21)18-6-4-5-7-19(18)24)22(28)10-15-13-30-20-11-16(29-3)8-9-17(15)20/h4-9,11,13-14H,10,12H2,1-3H3. The van der Waals surface area contributed by atoms with Gasteiger partial charge >= 0.3 is 0 Å². The number of ether oxygens (including phenoxy) is 1. The van der Waals surface area contributed by atoms with Gasteiger partial charge in [0.2, 0.25) is 17.7 Å². The van der Waals surface area contributed by atoms with E-state index in [0.29, 0.717) is 23.1 Å². The summed E-state index contributed by atoms with van der Waals surface area (Å²) in [6, 6.07) is 13.2. The van der Waals surface area contributed by atoms with E-state index in [2.05, 4.69) is 26.1 Å². The first-order valence-corrected chi connectivity index (χ1v) is 10.7. The average Bonchev–Trinajstić information content (AvgIpc) is 3.38. The van der Waals surface area contributed by atoms with E-state index < -0.39 is 0 Å². The summed E-state index contributed by atoms with van der Waals surface area (Å²) in [5.74, 6) is 1.46. The molecule has 0 saturated carbocycles. The molecule has 0 bridgehead atoms. The lowest BCUT2D eigenvalue weighted by molar-refractivity contribution is -0.133. The molecule has 8 heteroatoms. The van der Waals surface area contributed by atoms with Gasteiger partial charge in [-0.3, -0.25) is 4.79 Å². The third-order valence-electron chi connectivity index (χ3n) is 5.02. The van der Waals surface area contributed by atoms with Crippen molar-refractivity contribution in [3.8, 4) is 17.2 Å². The molecule has 0 N–H and O–H groups in total. The number of furan rings is 1. The molecule has 2 aromatic heterocycles. The molecule has 0 spiro atoms. The molecule has 0 unspecified atom stereocenters. The maximum absolute atomic E-state index is 13.1. The molecule has 31 heavy (non-hydrogen) atoms. The lowest BCUT2D eigenvalue weighted by Gasteiger charge is -2.25. The Hall–Kier alpha value is -3.13. The second-order valence-electron chi connectivity index (χ2n) is 7.40. The highest BCUT2D eigenvalue weighted by atomic mass is 79.9. The fraction of sp³-hybridized carbons (Fsp3) is 0.261. The van der Waals surface area contributed by atoms with Crippen LogP contribution in [0.25, 0.3) is 22.4 Å². The Morgan fingerprint density at radius 1 is 1.19 bits per heavy atom. The lowest BCUT2D eigenvalue weighted by atomic mass is 10.1. The van der Waals surface area contributed by atoms with Crippen LogP contribution >= 0.6 is 15.9 Å². The number of fused-ring (bicyclic) bond motifs is 1. The molecule has 0 saturated heterocycles. The normalized spacial score (nSPS) is 11.3. The first-order chi connectivity index (χ1) is 15.0. The quantitative estimate of drug-likeness (QED) is 0.357. The molecule has 0 radical (unpaired) electrons. The summed E-state index contributed by atoms with van der Waals surface area (Å²) in [5.41, 5.74) is 2.32. The topological polar surface area (TPSA) is 81.6 Å². The van der Waals surface area contributed by atoms with Crippen LogP contribution in [-0.2, 0) is 17.8 Å². The summed E-state index contributed by atoms with van der Waals surface area (Å²) >= 11 is 3.49. The van der Waals surface area contributed by atoms with Crippen molar-refractivity contribution >= 4 is 32.8 Å². The highest BCUT2D eigenvalue weighted by Gasteiger charge is 2.22. The molecule has 2 aromatic carbocycles. The van der Waals surface area contributed by atoms with Crippen molar-refractivity contribution in [3.05, 3.63) is 64.7 Å². The zero-order valence-electron chi connectivity index (χ0n) is 17.5. The summed E-state index contributed by atoms with van der Waals surface area (Å²) in [5, 5.41) is 9.18. The number of benzene rings is 2. The van der Waals surface area contributed by atoms with Gasteiger partial charge in [-0.05, 0) is 54.0 Å². The SMILES string of the molecule is COc1ccc2c(CC(=O)N(Cc3nnc(-c4ccccc4Br)o3)C(C)C)coc2c1. The first-order valence-electron chi connectivity index (χ1n) is 9.87. The summed E-state index contributed by atoms with van der Waals surface area (Å²) in [6.07, 6.45) is 1.83. The molecule has 7 nitrogen and oxygen atoms in total. The van der Waals surface area contributed by atoms with E-state index in [-0.39, 0.29) is 24.9 Å². The molecule has 160 valence electrons. The number of hydrogen-bond acceptors (Lipinski definition) is 6. The fourth-order valence-corrected chi connectivity index (χ4v) is 3.81. The van der Waals surface area contributed by atoms with Crippen molar-refractivity contribution in [1.82, 2.24) is 15.1 Å². The van der Waals surface area contributed by atoms with Crippen molar-refractivity contribution in [3.63, 3.8) is 0 Å². The third-order valence-corrected chi connectivity index (χ3v) is 5.72. The van der Waals surface area contributed by atoms with Gasteiger partial charge < -0.3 is 18.5 Å². The maximum atomic E-state index is 13.1. The number of nitrogens with zero attached hydrogens (tertiary/aromatic N) is 3. The number of carbonyl (C=O) groups excluding carboxylic acids is 1. The van der Waals surface area contributed by atoms with Crippen LogP contribution in [0.1, 0.15) is 25.3 Å². The van der Waals surface area contributed by atoms with Crippen molar-refractivity contribution in [2.24, 2.45) is 0 Å². The maximum Gasteiger partial charge on any atom is 0.248 e. The molecule has 0 fully saturated rings. The summed E-state index contributed by atoms with van der Waals surface area (Å²) < 4.78 is 17.5. The number of rotatable bonds is 7. The van der Waals surface area contributed by atoms with E-state index >= 15 is 0 Å². The number of aromatic nitrogens is 2. The zero-order chi connectivity index (χ0) is 22.0. The Morgan fingerprint density at radius 2 is 2.00 bits per heavy atom. The largest absolute Gasteiger partial charge is 0.497 e. The number of amides is 1. The van der Waals surface area contributed by atoms with Gasteiger partial charge in [-0.1, -0.05) is 12.1 Å². The van der Waals surface area contributed by atoms with Crippen molar-refractivity contribution in [2.45, 2.75) is 32.9 Å². The predicted octanol–water partition coefficient (Wildman–Crippen LogP) is 5.23. The number of halogens is 1. The molecular formula is C23H22BrN3O4. The van der Waals surface area contributed by atoms with E-state index in [0.717, 1.165) is 21.0 Å². The molecule has 4 aromatic rings. The highest BCUT2D eigenvalue weighted by Crippen LogP contribution is 2.28. The van der Waals surface area contributed by atoms with Gasteiger partial charge in [-0.15, -0.1) is 10.2 Å². The van der Waals surface area contributed by atoms with Gasteiger partial charge in [-0.2, -0.15) is 0 Å². The number of hydrogen-bond donors (Lipinski definition) is 0. The Morgan fingerprint density at radius 3 is 2.74 bits per heavy atom. The minimum absolute atomic E-state index is 0.0374. The highest BCUT2D eigenvalue weighted by molar-refractivity contribution is 9.10. The van der Waals surface area contributed by atoms with Crippen LogP contribution in [0.15, 0.2) is 62.0 Å². The average molecular weight is 484 g/mol. The smallest absolute Gasteiger partial charge is 0.248 e. The summed E-state index contributed by atoms with van der Waals surface area (Å²) in [4.78, 5) is 14.8. The van der Waals surface area contributed by atoms with Gasteiger partial charge in [0.15, 0.2) is 0 Å². The predicted molar refractivity (Wildman–Crippen MR) is 120 cm³/mol. The van der Waals surface area contributed by atoms with Gasteiger partial charge in [-0.25, -0.2) is 0 Å². The van der Waals surface area contributed by atoms with Crippen LogP contribution in [0.5, 0.6) is 5.75 Å². The van der Waals surface area contributed by atoms with Gasteiger partial charge in [0.1, 0.15) is 11.3 Å². The Kier molecular flexibility index (Phi) is 6.08. The van der Waals surface area contributed by atoms with Gasteiger partial charge in [0.25, 0.3) is 0 Å². The van der Waals surface area contributed by atoms with E-state index in [1.807, 2.05) is 56.3 Å². The second-order valence-corrected chi connectivity index (χ2v) is 8.25. The van der Waals surface area contributed by atoms with Crippen LogP contribution in [0.3, 0.4) is 0 Å². The molecule has 0 atom stereocenters. The Balaban J connectivity index is 1.52. The minimum Gasteiger partial charge on any atom is -0.497 e. The first kappa shape index (κ1) is 21.1. The second kappa shape index (κ2) is 8.93. The van der Waals surface area contributed by atoms with E-state index in [1.54, 1.807) is 18.3 Å². The number of methoxy groups -OCH3 is 1. The molecule has 0 aliphatic rings. The molecular weight excluding hydrogens is 462 g/mol. The van der Waals surface area contributed by atoms with Gasteiger partial charge in [0.05, 0.1) is 31.9 Å². The van der Waals surface area contributed by atoms with Crippen LogP contribution < -0.4 is 4.74 Å². The lowest BCUT2D eigenvalue weighted by Crippen LogP contribution is -2.37. The Labute approximate surface area is 188 Å². The van der Waals surface area contributed by atoms with Crippen LogP contribution in [0, 0.1) is 0 Å². The van der Waals surface area contributed by atoms with E-state index in [4.69, 9.17) is 13.6 Å². The molecule has 0 aliphatic carbocycles. The van der Waals surface area contributed by atoms with Crippen LogP contribution in [0.2, 0.25) is 0 Å². The fourth-order valence-electron chi connectivity index (χ4n) is 3.36. The third kappa shape index (κ3) is 4.49. The minimum atomic E-state index is -0.0471. The number of carbonyl (C=O) groups is 1. The van der Waals surface area contributed by atoms with Crippen molar-refractivity contribution in [1.29, 1.82) is 0 Å². The van der Waals surface area contributed by atoms with Crippen LogP contribution in [-0.4, -0.2) is 34.2 Å². The summed E-state index contributed by atoms with van der Waals surface area (Å²) in [6.45, 7) is 4.15. The van der Waals surface area contributed by atoms with E-state index in [9.17, 15) is 4.79 Å². The van der Waals surface area contributed by atoms with Crippen molar-refractivity contribution < 1.29 is 18.4 Å². The molecule has 4 rings (SSSR count). The van der Waals surface area contributed by atoms with Crippen LogP contribution in [0.4, 0.5) is 0 Å². The zero-order valence-corrected chi connectivity index (χ0v) is 19.0. The van der Waals surface area contributed by atoms with E-state index in [1.165, 1.54) is 0 Å². The van der Waals surface area contributed by atoms with Gasteiger partial charge in [0, 0.05) is 27.5 Å². The molecule has 1 amide bonds. The molecule has 2 heterocycles. The Bertz CT molecular complexity index is 1210. The van der Waals surface area contributed by atoms with Crippen molar-refractivity contribution in [2.75, 3.05) is 7.11 Å². The molecule has 0 aliphatic heterocycles.